The minimum atomic E-state index is -0.432. The molecule has 2 heterocycles. The van der Waals surface area contributed by atoms with Crippen molar-refractivity contribution in [2.75, 3.05) is 36.0 Å². The van der Waals surface area contributed by atoms with Gasteiger partial charge in [-0.1, -0.05) is 0 Å². The van der Waals surface area contributed by atoms with Gasteiger partial charge < -0.3 is 9.80 Å². The van der Waals surface area contributed by atoms with Crippen molar-refractivity contribution in [3.05, 3.63) is 48.3 Å². The van der Waals surface area contributed by atoms with Gasteiger partial charge in [0.25, 0.3) is 0 Å². The number of benzene rings is 1. The Labute approximate surface area is 115 Å². The molecule has 2 aromatic rings. The summed E-state index contributed by atoms with van der Waals surface area (Å²) in [5.41, 5.74) is 1.01. The van der Waals surface area contributed by atoms with Crippen molar-refractivity contribution in [2.24, 2.45) is 0 Å². The van der Waals surface area contributed by atoms with E-state index in [1.54, 1.807) is 12.1 Å². The molecule has 0 atom stereocenters. The highest BCUT2D eigenvalue weighted by Gasteiger charge is 2.19. The maximum atomic E-state index is 12.9. The fourth-order valence-electron chi connectivity index (χ4n) is 2.29. The second kappa shape index (κ2) is 5.40. The number of aromatic nitrogens is 2. The molecule has 0 spiro atoms. The average molecular weight is 276 g/mol. The summed E-state index contributed by atoms with van der Waals surface area (Å²) in [6, 6.07) is 6.48. The number of anilines is 2. The Kier molecular flexibility index (Phi) is 3.45. The summed E-state index contributed by atoms with van der Waals surface area (Å²) in [5, 5.41) is 0. The number of rotatable bonds is 2. The van der Waals surface area contributed by atoms with Crippen molar-refractivity contribution in [2.45, 2.75) is 0 Å². The first-order valence-corrected chi connectivity index (χ1v) is 6.45. The van der Waals surface area contributed by atoms with Gasteiger partial charge in [-0.15, -0.1) is 0 Å². The van der Waals surface area contributed by atoms with Crippen LogP contribution in [-0.2, 0) is 0 Å². The van der Waals surface area contributed by atoms with E-state index >= 15 is 0 Å². The maximum absolute atomic E-state index is 12.9. The standard InChI is InChI=1S/C14H14F2N4/c15-11-1-3-13(4-2-11)19-5-7-20(8-6-19)14-17-9-12(16)10-18-14/h1-4,9-10H,5-8H2. The highest BCUT2D eigenvalue weighted by molar-refractivity contribution is 5.48. The summed E-state index contributed by atoms with van der Waals surface area (Å²) in [6.45, 7) is 3.10. The van der Waals surface area contributed by atoms with Crippen molar-refractivity contribution < 1.29 is 8.78 Å². The second-order valence-electron chi connectivity index (χ2n) is 4.65. The van der Waals surface area contributed by atoms with Gasteiger partial charge in [0, 0.05) is 31.9 Å². The summed E-state index contributed by atoms with van der Waals surface area (Å²) in [5.74, 6) is -0.115. The van der Waals surface area contributed by atoms with Gasteiger partial charge in [-0.25, -0.2) is 18.7 Å². The Morgan fingerprint density at radius 2 is 1.30 bits per heavy atom. The van der Waals surface area contributed by atoms with Gasteiger partial charge in [-0.2, -0.15) is 0 Å². The summed E-state index contributed by atoms with van der Waals surface area (Å²) >= 11 is 0. The molecule has 1 aliphatic rings. The zero-order valence-corrected chi connectivity index (χ0v) is 10.8. The monoisotopic (exact) mass is 276 g/mol. The third-order valence-corrected chi connectivity index (χ3v) is 3.36. The van der Waals surface area contributed by atoms with Gasteiger partial charge >= 0.3 is 0 Å². The molecular formula is C14H14F2N4. The molecule has 1 saturated heterocycles. The van der Waals surface area contributed by atoms with Gasteiger partial charge in [0.2, 0.25) is 5.95 Å². The minimum absolute atomic E-state index is 0.230. The minimum Gasteiger partial charge on any atom is -0.368 e. The number of hydrogen-bond acceptors (Lipinski definition) is 4. The molecule has 1 fully saturated rings. The number of halogens is 2. The molecule has 6 heteroatoms. The smallest absolute Gasteiger partial charge is 0.225 e. The Hall–Kier alpha value is -2.24. The molecule has 3 rings (SSSR count). The lowest BCUT2D eigenvalue weighted by Crippen LogP contribution is -2.47. The largest absolute Gasteiger partial charge is 0.368 e. The molecule has 0 N–H and O–H groups in total. The number of hydrogen-bond donors (Lipinski definition) is 0. The highest BCUT2D eigenvalue weighted by Crippen LogP contribution is 2.18. The van der Waals surface area contributed by atoms with Crippen LogP contribution in [0.1, 0.15) is 0 Å². The summed E-state index contributed by atoms with van der Waals surface area (Å²) in [7, 11) is 0. The maximum Gasteiger partial charge on any atom is 0.225 e. The average Bonchev–Trinajstić information content (AvgIpc) is 2.49. The van der Waals surface area contributed by atoms with Crippen molar-refractivity contribution in [1.82, 2.24) is 9.97 Å². The van der Waals surface area contributed by atoms with Gasteiger partial charge in [0.05, 0.1) is 12.4 Å². The van der Waals surface area contributed by atoms with Gasteiger partial charge in [0.1, 0.15) is 5.82 Å². The second-order valence-corrected chi connectivity index (χ2v) is 4.65. The van der Waals surface area contributed by atoms with Crippen LogP contribution >= 0.6 is 0 Å². The van der Waals surface area contributed by atoms with E-state index in [2.05, 4.69) is 14.9 Å². The molecule has 0 saturated carbocycles. The topological polar surface area (TPSA) is 32.3 Å². The molecule has 4 nitrogen and oxygen atoms in total. The Morgan fingerprint density at radius 3 is 1.90 bits per heavy atom. The third kappa shape index (κ3) is 2.68. The lowest BCUT2D eigenvalue weighted by atomic mass is 10.2. The summed E-state index contributed by atoms with van der Waals surface area (Å²) in [6.07, 6.45) is 2.35. The van der Waals surface area contributed by atoms with Crippen LogP contribution in [0.2, 0.25) is 0 Å². The van der Waals surface area contributed by atoms with E-state index in [0.717, 1.165) is 31.9 Å². The molecule has 20 heavy (non-hydrogen) atoms. The molecule has 1 aliphatic heterocycles. The van der Waals surface area contributed by atoms with Crippen LogP contribution in [0.25, 0.3) is 0 Å². The predicted octanol–water partition coefficient (Wildman–Crippen LogP) is 2.08. The van der Waals surface area contributed by atoms with Gasteiger partial charge in [-0.05, 0) is 24.3 Å². The van der Waals surface area contributed by atoms with E-state index in [-0.39, 0.29) is 5.82 Å². The lowest BCUT2D eigenvalue weighted by molar-refractivity contribution is 0.602. The first-order chi connectivity index (χ1) is 9.72. The van der Waals surface area contributed by atoms with E-state index in [1.165, 1.54) is 24.5 Å². The van der Waals surface area contributed by atoms with E-state index in [4.69, 9.17) is 0 Å². The summed E-state index contributed by atoms with van der Waals surface area (Å²) < 4.78 is 25.7. The molecule has 0 aliphatic carbocycles. The molecule has 0 radical (unpaired) electrons. The van der Waals surface area contributed by atoms with E-state index < -0.39 is 5.82 Å². The van der Waals surface area contributed by atoms with Crippen LogP contribution in [0.5, 0.6) is 0 Å². The van der Waals surface area contributed by atoms with Crippen LogP contribution in [0.4, 0.5) is 20.4 Å². The van der Waals surface area contributed by atoms with Gasteiger partial charge in [-0.3, -0.25) is 0 Å². The molecule has 1 aromatic heterocycles. The number of piperazine rings is 1. The molecule has 1 aromatic carbocycles. The van der Waals surface area contributed by atoms with E-state index in [0.29, 0.717) is 5.95 Å². The highest BCUT2D eigenvalue weighted by atomic mass is 19.1. The molecule has 0 bridgehead atoms. The van der Waals surface area contributed by atoms with Gasteiger partial charge in [0.15, 0.2) is 5.82 Å². The fraction of sp³-hybridized carbons (Fsp3) is 0.286. The van der Waals surface area contributed by atoms with E-state index in [1.807, 2.05) is 4.90 Å². The molecule has 0 amide bonds. The summed E-state index contributed by atoms with van der Waals surface area (Å²) in [4.78, 5) is 12.2. The molecular weight excluding hydrogens is 262 g/mol. The Morgan fingerprint density at radius 1 is 0.750 bits per heavy atom. The van der Waals surface area contributed by atoms with Crippen molar-refractivity contribution in [3.63, 3.8) is 0 Å². The van der Waals surface area contributed by atoms with Crippen LogP contribution in [-0.4, -0.2) is 36.1 Å². The first kappa shape index (κ1) is 12.8. The van der Waals surface area contributed by atoms with E-state index in [9.17, 15) is 8.78 Å². The van der Waals surface area contributed by atoms with Crippen LogP contribution < -0.4 is 9.80 Å². The van der Waals surface area contributed by atoms with Crippen LogP contribution in [0.15, 0.2) is 36.7 Å². The molecule has 0 unspecified atom stereocenters. The quantitative estimate of drug-likeness (QED) is 0.840. The lowest BCUT2D eigenvalue weighted by Gasteiger charge is -2.36. The fourth-order valence-corrected chi connectivity index (χ4v) is 2.29. The van der Waals surface area contributed by atoms with Crippen molar-refractivity contribution in [3.8, 4) is 0 Å². The Bertz CT molecular complexity index is 509. The number of nitrogens with zero attached hydrogens (tertiary/aromatic N) is 4. The predicted molar refractivity (Wildman–Crippen MR) is 72.8 cm³/mol. The van der Waals surface area contributed by atoms with Crippen LogP contribution in [0.3, 0.4) is 0 Å². The zero-order valence-electron chi connectivity index (χ0n) is 10.8. The Balaban J connectivity index is 1.64. The van der Waals surface area contributed by atoms with Crippen molar-refractivity contribution in [1.29, 1.82) is 0 Å². The zero-order chi connectivity index (χ0) is 13.9. The first-order valence-electron chi connectivity index (χ1n) is 6.45. The SMILES string of the molecule is Fc1ccc(N2CCN(c3ncc(F)cn3)CC2)cc1. The third-order valence-electron chi connectivity index (χ3n) is 3.36. The van der Waals surface area contributed by atoms with Crippen molar-refractivity contribution >= 4 is 11.6 Å². The molecule has 104 valence electrons. The van der Waals surface area contributed by atoms with Crippen LogP contribution in [0, 0.1) is 11.6 Å². The normalized spacial score (nSPS) is 15.5.